The van der Waals surface area contributed by atoms with Gasteiger partial charge in [-0.2, -0.15) is 0 Å². The van der Waals surface area contributed by atoms with Crippen LogP contribution in [0.3, 0.4) is 0 Å². The number of ether oxygens (including phenoxy) is 1. The van der Waals surface area contributed by atoms with Crippen LogP contribution in [-0.4, -0.2) is 15.5 Å². The molecule has 0 spiro atoms. The summed E-state index contributed by atoms with van der Waals surface area (Å²) in [7, 11) is 0. The van der Waals surface area contributed by atoms with Crippen molar-refractivity contribution in [3.05, 3.63) is 95.0 Å². The highest BCUT2D eigenvalue weighted by atomic mass is 16.5. The van der Waals surface area contributed by atoms with E-state index in [2.05, 4.69) is 10.3 Å². The zero-order valence-corrected chi connectivity index (χ0v) is 16.5. The number of hydrogen-bond donors (Lipinski definition) is 1. The molecule has 0 fully saturated rings. The molecule has 0 aliphatic carbocycles. The number of aromatic nitrogens is 2. The van der Waals surface area contributed by atoms with Gasteiger partial charge in [0, 0.05) is 12.1 Å². The Morgan fingerprint density at radius 1 is 0.933 bits per heavy atom. The van der Waals surface area contributed by atoms with E-state index < -0.39 is 0 Å². The van der Waals surface area contributed by atoms with Crippen LogP contribution in [-0.2, 0) is 17.8 Å². The number of benzene rings is 3. The van der Waals surface area contributed by atoms with E-state index in [1.165, 1.54) is 4.57 Å². The van der Waals surface area contributed by atoms with E-state index in [1.54, 1.807) is 42.5 Å². The van der Waals surface area contributed by atoms with Gasteiger partial charge >= 0.3 is 0 Å². The van der Waals surface area contributed by atoms with Crippen LogP contribution in [0.4, 0.5) is 5.69 Å². The highest BCUT2D eigenvalue weighted by molar-refractivity contribution is 5.90. The molecule has 4 rings (SSSR count). The molecule has 1 N–H and O–H groups in total. The van der Waals surface area contributed by atoms with Crippen LogP contribution < -0.4 is 15.6 Å². The zero-order chi connectivity index (χ0) is 20.9. The average molecular weight is 399 g/mol. The summed E-state index contributed by atoms with van der Waals surface area (Å²) in [6.45, 7) is 1.82. The van der Waals surface area contributed by atoms with Gasteiger partial charge in [0.05, 0.1) is 10.9 Å². The second kappa shape index (κ2) is 8.61. The minimum absolute atomic E-state index is 0.0951. The molecule has 1 aromatic heterocycles. The molecule has 0 saturated carbocycles. The van der Waals surface area contributed by atoms with Crippen LogP contribution in [0.1, 0.15) is 12.7 Å². The minimum atomic E-state index is -0.291. The van der Waals surface area contributed by atoms with Gasteiger partial charge < -0.3 is 10.1 Å². The molecule has 0 bridgehead atoms. The molecule has 1 amide bonds. The first-order chi connectivity index (χ1) is 14.6. The Balaban J connectivity index is 1.48. The Bertz CT molecular complexity index is 1230. The lowest BCUT2D eigenvalue weighted by molar-refractivity contribution is -0.116. The molecule has 0 aliphatic rings. The summed E-state index contributed by atoms with van der Waals surface area (Å²) in [5, 5.41) is 3.33. The number of anilines is 1. The summed E-state index contributed by atoms with van der Waals surface area (Å²) in [5.41, 5.74) is 1.06. The van der Waals surface area contributed by atoms with Crippen molar-refractivity contribution in [2.75, 3.05) is 5.32 Å². The van der Waals surface area contributed by atoms with E-state index in [4.69, 9.17) is 4.74 Å². The lowest BCUT2D eigenvalue weighted by atomic mass is 10.2. The van der Waals surface area contributed by atoms with Crippen molar-refractivity contribution in [2.24, 2.45) is 0 Å². The maximum atomic E-state index is 12.8. The summed E-state index contributed by atoms with van der Waals surface area (Å²) in [6.07, 6.45) is 0.554. The molecular weight excluding hydrogens is 378 g/mol. The number of aryl methyl sites for hydroxylation is 1. The van der Waals surface area contributed by atoms with Gasteiger partial charge in [-0.15, -0.1) is 0 Å². The molecule has 6 heteroatoms. The zero-order valence-electron chi connectivity index (χ0n) is 16.5. The van der Waals surface area contributed by atoms with Gasteiger partial charge in [-0.3, -0.25) is 14.2 Å². The van der Waals surface area contributed by atoms with E-state index in [9.17, 15) is 9.59 Å². The Kier molecular flexibility index (Phi) is 5.57. The van der Waals surface area contributed by atoms with Crippen LogP contribution in [0.5, 0.6) is 11.5 Å². The van der Waals surface area contributed by atoms with Gasteiger partial charge in [0.2, 0.25) is 5.91 Å². The van der Waals surface area contributed by atoms with Crippen LogP contribution in [0.25, 0.3) is 10.9 Å². The van der Waals surface area contributed by atoms with Gasteiger partial charge in [-0.1, -0.05) is 37.3 Å². The largest absolute Gasteiger partial charge is 0.457 e. The number of hydrogen-bond acceptors (Lipinski definition) is 4. The van der Waals surface area contributed by atoms with Crippen LogP contribution >= 0.6 is 0 Å². The molecule has 6 nitrogen and oxygen atoms in total. The number of rotatable bonds is 6. The predicted molar refractivity (Wildman–Crippen MR) is 117 cm³/mol. The molecule has 1 heterocycles. The molecule has 4 aromatic rings. The maximum absolute atomic E-state index is 12.8. The lowest BCUT2D eigenvalue weighted by Gasteiger charge is -2.13. The lowest BCUT2D eigenvalue weighted by Crippen LogP contribution is -2.31. The molecule has 0 saturated heterocycles. The van der Waals surface area contributed by atoms with Gasteiger partial charge in [-0.05, 0) is 48.5 Å². The minimum Gasteiger partial charge on any atom is -0.457 e. The summed E-state index contributed by atoms with van der Waals surface area (Å²) in [4.78, 5) is 30.0. The number of para-hydroxylation sites is 2. The fourth-order valence-electron chi connectivity index (χ4n) is 3.22. The average Bonchev–Trinajstić information content (AvgIpc) is 2.77. The van der Waals surface area contributed by atoms with Crippen molar-refractivity contribution in [3.8, 4) is 11.5 Å². The smallest absolute Gasteiger partial charge is 0.261 e. The van der Waals surface area contributed by atoms with Gasteiger partial charge in [0.1, 0.15) is 23.9 Å². The van der Waals surface area contributed by atoms with Crippen LogP contribution in [0.2, 0.25) is 0 Å². The summed E-state index contributed by atoms with van der Waals surface area (Å²) in [6, 6.07) is 23.7. The van der Waals surface area contributed by atoms with E-state index in [1.807, 2.05) is 43.3 Å². The van der Waals surface area contributed by atoms with Crippen LogP contribution in [0.15, 0.2) is 83.7 Å². The Morgan fingerprint density at radius 3 is 2.33 bits per heavy atom. The number of amides is 1. The van der Waals surface area contributed by atoms with E-state index in [0.717, 1.165) is 5.75 Å². The molecule has 30 heavy (non-hydrogen) atoms. The number of nitrogens with one attached hydrogen (secondary N) is 1. The molecule has 0 radical (unpaired) electrons. The third-order valence-electron chi connectivity index (χ3n) is 4.68. The van der Waals surface area contributed by atoms with Crippen molar-refractivity contribution in [2.45, 2.75) is 19.9 Å². The third-order valence-corrected chi connectivity index (χ3v) is 4.68. The van der Waals surface area contributed by atoms with Crippen molar-refractivity contribution >= 4 is 22.5 Å². The third kappa shape index (κ3) is 4.22. The topological polar surface area (TPSA) is 73.2 Å². The number of fused-ring (bicyclic) bond motifs is 1. The van der Waals surface area contributed by atoms with E-state index >= 15 is 0 Å². The summed E-state index contributed by atoms with van der Waals surface area (Å²) >= 11 is 0. The second-order valence-corrected chi connectivity index (χ2v) is 6.78. The maximum Gasteiger partial charge on any atom is 0.261 e. The summed E-state index contributed by atoms with van der Waals surface area (Å²) < 4.78 is 7.19. The number of nitrogens with zero attached hydrogens (tertiary/aromatic N) is 2. The second-order valence-electron chi connectivity index (χ2n) is 6.78. The van der Waals surface area contributed by atoms with Crippen molar-refractivity contribution in [1.29, 1.82) is 0 Å². The monoisotopic (exact) mass is 399 g/mol. The normalized spacial score (nSPS) is 10.7. The number of carbonyl (C=O) groups is 1. The standard InChI is InChI=1S/C24H21N3O3/c1-2-22-26-21-11-7-6-10-20(21)24(29)27(22)16-23(28)25-17-12-14-19(15-13-17)30-18-8-4-3-5-9-18/h3-15H,2,16H2,1H3,(H,25,28). The fourth-order valence-corrected chi connectivity index (χ4v) is 3.22. The number of carbonyl (C=O) groups excluding carboxylic acids is 1. The van der Waals surface area contributed by atoms with Crippen LogP contribution in [0, 0.1) is 0 Å². The van der Waals surface area contributed by atoms with Crippen molar-refractivity contribution < 1.29 is 9.53 Å². The van der Waals surface area contributed by atoms with E-state index in [-0.39, 0.29) is 18.0 Å². The first kappa shape index (κ1) is 19.4. The highest BCUT2D eigenvalue weighted by Gasteiger charge is 2.13. The highest BCUT2D eigenvalue weighted by Crippen LogP contribution is 2.22. The predicted octanol–water partition coefficient (Wildman–Crippen LogP) is 4.39. The summed E-state index contributed by atoms with van der Waals surface area (Å²) in [5.74, 6) is 1.70. The fraction of sp³-hybridized carbons (Fsp3) is 0.125. The Labute approximate surface area is 173 Å². The quantitative estimate of drug-likeness (QED) is 0.522. The molecule has 150 valence electrons. The molecule has 0 atom stereocenters. The van der Waals surface area contributed by atoms with Gasteiger partial charge in [0.15, 0.2) is 0 Å². The van der Waals surface area contributed by atoms with Crippen molar-refractivity contribution in [1.82, 2.24) is 9.55 Å². The van der Waals surface area contributed by atoms with E-state index in [0.29, 0.717) is 34.6 Å². The Hall–Kier alpha value is -3.93. The molecule has 0 aliphatic heterocycles. The Morgan fingerprint density at radius 2 is 1.60 bits per heavy atom. The van der Waals surface area contributed by atoms with Crippen molar-refractivity contribution in [3.63, 3.8) is 0 Å². The molecule has 3 aromatic carbocycles. The molecular formula is C24H21N3O3. The van der Waals surface area contributed by atoms with Gasteiger partial charge in [0.25, 0.3) is 5.56 Å². The SMILES string of the molecule is CCc1nc2ccccc2c(=O)n1CC(=O)Nc1ccc(Oc2ccccc2)cc1. The molecule has 0 unspecified atom stereocenters. The van der Waals surface area contributed by atoms with Gasteiger partial charge in [-0.25, -0.2) is 4.98 Å². The first-order valence-electron chi connectivity index (χ1n) is 9.75. The first-order valence-corrected chi connectivity index (χ1v) is 9.75.